The van der Waals surface area contributed by atoms with E-state index in [2.05, 4.69) is 11.2 Å². The summed E-state index contributed by atoms with van der Waals surface area (Å²) in [4.78, 5) is 13.5. The number of carbonyl (C=O) groups is 1. The topological polar surface area (TPSA) is 70.1 Å². The van der Waals surface area contributed by atoms with Crippen molar-refractivity contribution in [1.29, 1.82) is 5.26 Å². The molecule has 1 atom stereocenters. The molecule has 5 heteroatoms. The lowest BCUT2D eigenvalue weighted by molar-refractivity contribution is 0.0710. The van der Waals surface area contributed by atoms with Crippen LogP contribution in [0.1, 0.15) is 30.1 Å². The molecule has 1 amide bonds. The van der Waals surface area contributed by atoms with Crippen LogP contribution in [0.2, 0.25) is 0 Å². The molecule has 0 N–H and O–H groups in total. The number of aromatic nitrogens is 1. The number of hydrogen-bond donors (Lipinski definition) is 0. The molecular formula is C11H15N3O2. The molecule has 1 aromatic heterocycles. The Morgan fingerprint density at radius 3 is 2.88 bits per heavy atom. The van der Waals surface area contributed by atoms with E-state index in [9.17, 15) is 4.79 Å². The van der Waals surface area contributed by atoms with E-state index in [1.807, 2.05) is 6.92 Å². The molecule has 0 aliphatic heterocycles. The van der Waals surface area contributed by atoms with Gasteiger partial charge in [-0.15, -0.1) is 0 Å². The van der Waals surface area contributed by atoms with E-state index in [1.54, 1.807) is 24.8 Å². The van der Waals surface area contributed by atoms with Gasteiger partial charge in [0.15, 0.2) is 0 Å². The molecule has 1 unspecified atom stereocenters. The van der Waals surface area contributed by atoms with Crippen LogP contribution in [-0.2, 0) is 0 Å². The average Bonchev–Trinajstić information content (AvgIpc) is 2.71. The molecule has 16 heavy (non-hydrogen) atoms. The lowest BCUT2D eigenvalue weighted by atomic mass is 10.2. The molecule has 0 aromatic carbocycles. The van der Waals surface area contributed by atoms with Gasteiger partial charge in [0, 0.05) is 19.2 Å². The van der Waals surface area contributed by atoms with Gasteiger partial charge in [-0.25, -0.2) is 0 Å². The molecular weight excluding hydrogens is 206 g/mol. The van der Waals surface area contributed by atoms with Gasteiger partial charge >= 0.3 is 0 Å². The Bertz CT molecular complexity index is 406. The van der Waals surface area contributed by atoms with Crippen molar-refractivity contribution in [3.05, 3.63) is 17.5 Å². The summed E-state index contributed by atoms with van der Waals surface area (Å²) in [6.45, 7) is 6.36. The third-order valence-corrected chi connectivity index (χ3v) is 2.22. The molecule has 1 heterocycles. The molecule has 0 bridgehead atoms. The summed E-state index contributed by atoms with van der Waals surface area (Å²) in [5.41, 5.74) is 0.674. The summed E-state index contributed by atoms with van der Waals surface area (Å²) in [7, 11) is 0. The highest BCUT2D eigenvalue weighted by Gasteiger charge is 2.20. The second-order valence-electron chi connectivity index (χ2n) is 3.71. The molecule has 0 aliphatic rings. The maximum absolute atomic E-state index is 11.9. The Hall–Kier alpha value is -1.83. The second-order valence-corrected chi connectivity index (χ2v) is 3.71. The average molecular weight is 221 g/mol. The fourth-order valence-electron chi connectivity index (χ4n) is 1.35. The first kappa shape index (κ1) is 12.2. The van der Waals surface area contributed by atoms with E-state index in [0.717, 1.165) is 0 Å². The van der Waals surface area contributed by atoms with E-state index in [0.29, 0.717) is 18.8 Å². The lowest BCUT2D eigenvalue weighted by Gasteiger charge is -2.20. The quantitative estimate of drug-likeness (QED) is 0.774. The van der Waals surface area contributed by atoms with Gasteiger partial charge in [0.25, 0.3) is 5.91 Å². The van der Waals surface area contributed by atoms with Crippen LogP contribution < -0.4 is 0 Å². The van der Waals surface area contributed by atoms with Gasteiger partial charge in [0.2, 0.25) is 5.76 Å². The van der Waals surface area contributed by atoms with Gasteiger partial charge in [0.05, 0.1) is 17.7 Å². The standard InChI is InChI=1S/C11H15N3O2/c1-4-14(7-8(2)6-12)11(15)10-5-9(3)13-16-10/h5,8H,4,7H2,1-3H3. The van der Waals surface area contributed by atoms with E-state index in [4.69, 9.17) is 9.78 Å². The SMILES string of the molecule is CCN(CC(C)C#N)C(=O)c1cc(C)no1. The van der Waals surface area contributed by atoms with Crippen LogP contribution in [0.4, 0.5) is 0 Å². The van der Waals surface area contributed by atoms with Crippen LogP contribution in [0.15, 0.2) is 10.6 Å². The third-order valence-electron chi connectivity index (χ3n) is 2.22. The Morgan fingerprint density at radius 2 is 2.44 bits per heavy atom. The van der Waals surface area contributed by atoms with Crippen molar-refractivity contribution < 1.29 is 9.32 Å². The zero-order chi connectivity index (χ0) is 12.1. The minimum atomic E-state index is -0.217. The maximum atomic E-state index is 11.9. The van der Waals surface area contributed by atoms with Crippen molar-refractivity contribution in [1.82, 2.24) is 10.1 Å². The number of amides is 1. The molecule has 86 valence electrons. The number of rotatable bonds is 4. The van der Waals surface area contributed by atoms with Crippen LogP contribution in [0.3, 0.4) is 0 Å². The van der Waals surface area contributed by atoms with Crippen molar-refractivity contribution in [3.63, 3.8) is 0 Å². The summed E-state index contributed by atoms with van der Waals surface area (Å²) < 4.78 is 4.90. The Kier molecular flexibility index (Phi) is 4.06. The van der Waals surface area contributed by atoms with Crippen molar-refractivity contribution in [2.75, 3.05) is 13.1 Å². The summed E-state index contributed by atoms with van der Waals surface area (Å²) in [6, 6.07) is 3.70. The third kappa shape index (κ3) is 2.83. The van der Waals surface area contributed by atoms with Crippen molar-refractivity contribution in [2.24, 2.45) is 5.92 Å². The molecule has 0 spiro atoms. The van der Waals surface area contributed by atoms with Gasteiger partial charge in [-0.1, -0.05) is 5.16 Å². The van der Waals surface area contributed by atoms with Crippen molar-refractivity contribution in [3.8, 4) is 6.07 Å². The van der Waals surface area contributed by atoms with Crippen LogP contribution >= 0.6 is 0 Å². The first-order valence-corrected chi connectivity index (χ1v) is 5.20. The van der Waals surface area contributed by atoms with Gasteiger partial charge in [-0.2, -0.15) is 5.26 Å². The number of nitrogens with zero attached hydrogens (tertiary/aromatic N) is 3. The second kappa shape index (κ2) is 5.31. The highest BCUT2D eigenvalue weighted by molar-refractivity contribution is 5.91. The molecule has 0 saturated heterocycles. The smallest absolute Gasteiger partial charge is 0.292 e. The van der Waals surface area contributed by atoms with Crippen LogP contribution in [0.25, 0.3) is 0 Å². The Morgan fingerprint density at radius 1 is 1.75 bits per heavy atom. The first-order valence-electron chi connectivity index (χ1n) is 5.20. The summed E-state index contributed by atoms with van der Waals surface area (Å²) in [6.07, 6.45) is 0. The summed E-state index contributed by atoms with van der Waals surface area (Å²) in [5, 5.41) is 12.4. The molecule has 0 saturated carbocycles. The lowest BCUT2D eigenvalue weighted by Crippen LogP contribution is -2.34. The molecule has 0 fully saturated rings. The number of aryl methyl sites for hydroxylation is 1. The highest BCUT2D eigenvalue weighted by Crippen LogP contribution is 2.08. The zero-order valence-electron chi connectivity index (χ0n) is 9.73. The van der Waals surface area contributed by atoms with Crippen molar-refractivity contribution >= 4 is 5.91 Å². The normalized spacial score (nSPS) is 11.9. The van der Waals surface area contributed by atoms with Gasteiger partial charge in [-0.3, -0.25) is 4.79 Å². The van der Waals surface area contributed by atoms with Crippen LogP contribution in [0.5, 0.6) is 0 Å². The first-order chi connectivity index (χ1) is 7.58. The van der Waals surface area contributed by atoms with Gasteiger partial charge in [0.1, 0.15) is 0 Å². The van der Waals surface area contributed by atoms with Gasteiger partial charge < -0.3 is 9.42 Å². The maximum Gasteiger partial charge on any atom is 0.292 e. The molecule has 1 rings (SSSR count). The predicted octanol–water partition coefficient (Wildman–Crippen LogP) is 1.60. The minimum absolute atomic E-state index is 0.187. The number of carbonyl (C=O) groups excluding carboxylic acids is 1. The summed E-state index contributed by atoms with van der Waals surface area (Å²) >= 11 is 0. The fourth-order valence-corrected chi connectivity index (χ4v) is 1.35. The molecule has 0 radical (unpaired) electrons. The Balaban J connectivity index is 2.74. The van der Waals surface area contributed by atoms with E-state index in [1.165, 1.54) is 0 Å². The number of hydrogen-bond acceptors (Lipinski definition) is 4. The number of nitriles is 1. The highest BCUT2D eigenvalue weighted by atomic mass is 16.5. The van der Waals surface area contributed by atoms with Crippen molar-refractivity contribution in [2.45, 2.75) is 20.8 Å². The van der Waals surface area contributed by atoms with E-state index < -0.39 is 0 Å². The monoisotopic (exact) mass is 221 g/mol. The molecule has 0 aliphatic carbocycles. The van der Waals surface area contributed by atoms with Crippen LogP contribution in [-0.4, -0.2) is 29.1 Å². The fraction of sp³-hybridized carbons (Fsp3) is 0.545. The minimum Gasteiger partial charge on any atom is -0.351 e. The predicted molar refractivity (Wildman–Crippen MR) is 57.6 cm³/mol. The van der Waals surface area contributed by atoms with E-state index in [-0.39, 0.29) is 17.6 Å². The van der Waals surface area contributed by atoms with Crippen LogP contribution in [0, 0.1) is 24.2 Å². The van der Waals surface area contributed by atoms with E-state index >= 15 is 0 Å². The van der Waals surface area contributed by atoms with Gasteiger partial charge in [-0.05, 0) is 20.8 Å². The largest absolute Gasteiger partial charge is 0.351 e. The molecule has 1 aromatic rings. The Labute approximate surface area is 94.6 Å². The zero-order valence-corrected chi connectivity index (χ0v) is 9.73. The molecule has 5 nitrogen and oxygen atoms in total. The summed E-state index contributed by atoms with van der Waals surface area (Å²) in [5.74, 6) is -0.178.